The first-order chi connectivity index (χ1) is 9.41. The largest absolute Gasteiger partial charge is 0.266 e. The highest BCUT2D eigenvalue weighted by molar-refractivity contribution is 7.93. The van der Waals surface area contributed by atoms with Crippen LogP contribution in [0.15, 0.2) is 35.2 Å². The zero-order valence-corrected chi connectivity index (χ0v) is 13.7. The number of sulfonamides is 1. The third-order valence-corrected chi connectivity index (χ3v) is 6.90. The van der Waals surface area contributed by atoms with Crippen LogP contribution in [-0.4, -0.2) is 15.0 Å². The summed E-state index contributed by atoms with van der Waals surface area (Å²) in [6, 6.07) is 8.94. The summed E-state index contributed by atoms with van der Waals surface area (Å²) in [5.74, 6) is 0.161. The molecule has 0 fully saturated rings. The monoisotopic (exact) mass is 347 g/mol. The summed E-state index contributed by atoms with van der Waals surface area (Å²) >= 11 is 12.9. The molecule has 0 amide bonds. The highest BCUT2D eigenvalue weighted by Gasteiger charge is 2.36. The maximum Gasteiger partial charge on any atom is 0.266 e. The lowest BCUT2D eigenvalue weighted by Gasteiger charge is -2.19. The van der Waals surface area contributed by atoms with E-state index in [1.807, 2.05) is 31.2 Å². The molecule has 1 atom stereocenters. The first-order valence-electron chi connectivity index (χ1n) is 5.98. The van der Waals surface area contributed by atoms with Crippen LogP contribution in [0.25, 0.3) is 0 Å². The van der Waals surface area contributed by atoms with Crippen LogP contribution >= 0.6 is 34.5 Å². The van der Waals surface area contributed by atoms with E-state index < -0.39 is 10.0 Å². The van der Waals surface area contributed by atoms with Crippen molar-refractivity contribution < 1.29 is 8.42 Å². The van der Waals surface area contributed by atoms with Crippen molar-refractivity contribution in [1.29, 1.82) is 0 Å². The van der Waals surface area contributed by atoms with Crippen LogP contribution in [0.1, 0.15) is 18.4 Å². The minimum absolute atomic E-state index is 0.0815. The summed E-state index contributed by atoms with van der Waals surface area (Å²) in [6.07, 6.45) is 0. The molecule has 1 aromatic carbocycles. The number of para-hydroxylation sites is 1. The molecule has 20 heavy (non-hydrogen) atoms. The minimum Gasteiger partial charge on any atom is -0.265 e. The number of thiophene rings is 1. The fourth-order valence-electron chi connectivity index (χ4n) is 2.42. The van der Waals surface area contributed by atoms with Gasteiger partial charge in [-0.2, -0.15) is 0 Å². The third-order valence-electron chi connectivity index (χ3n) is 3.37. The molecule has 2 aromatic rings. The van der Waals surface area contributed by atoms with E-state index in [-0.39, 0.29) is 15.1 Å². The van der Waals surface area contributed by atoms with Crippen molar-refractivity contribution in [3.05, 3.63) is 44.6 Å². The third kappa shape index (κ3) is 2.13. The first kappa shape index (κ1) is 14.2. The number of anilines is 1. The van der Waals surface area contributed by atoms with Gasteiger partial charge in [-0.3, -0.25) is 4.31 Å². The topological polar surface area (TPSA) is 37.4 Å². The zero-order valence-electron chi connectivity index (χ0n) is 10.5. The molecule has 0 aliphatic carbocycles. The Balaban J connectivity index is 2.13. The first-order valence-corrected chi connectivity index (χ1v) is 8.99. The molecule has 1 aromatic heterocycles. The van der Waals surface area contributed by atoms with Crippen LogP contribution in [0.5, 0.6) is 0 Å². The Morgan fingerprint density at radius 1 is 1.30 bits per heavy atom. The number of rotatable bonds is 2. The van der Waals surface area contributed by atoms with Crippen molar-refractivity contribution in [2.45, 2.75) is 17.7 Å². The van der Waals surface area contributed by atoms with E-state index in [1.54, 1.807) is 0 Å². The molecule has 1 aliphatic heterocycles. The molecular formula is C13H11Cl2NO2S2. The molecule has 1 aliphatic rings. The van der Waals surface area contributed by atoms with E-state index in [0.29, 0.717) is 10.9 Å². The molecule has 7 heteroatoms. The standard InChI is InChI=1S/C13H11Cl2NO2S2/c1-8-7-16(10-5-3-2-4-9(8)10)20(17,18)11-6-12(14)19-13(11)15/h2-6,8H,7H2,1H3. The summed E-state index contributed by atoms with van der Waals surface area (Å²) in [5.41, 5.74) is 1.76. The van der Waals surface area contributed by atoms with E-state index in [4.69, 9.17) is 23.2 Å². The molecule has 0 spiro atoms. The quantitative estimate of drug-likeness (QED) is 0.808. The van der Waals surface area contributed by atoms with Gasteiger partial charge >= 0.3 is 0 Å². The fraction of sp³-hybridized carbons (Fsp3) is 0.231. The van der Waals surface area contributed by atoms with Crippen LogP contribution in [-0.2, 0) is 10.0 Å². The molecule has 0 N–H and O–H groups in total. The van der Waals surface area contributed by atoms with Gasteiger partial charge in [-0.15, -0.1) is 11.3 Å². The smallest absolute Gasteiger partial charge is 0.265 e. The minimum atomic E-state index is -3.67. The second kappa shape index (κ2) is 4.91. The number of halogens is 2. The SMILES string of the molecule is CC1CN(S(=O)(=O)c2cc(Cl)sc2Cl)c2ccccc21. The summed E-state index contributed by atoms with van der Waals surface area (Å²) in [6.45, 7) is 2.43. The number of hydrogen-bond acceptors (Lipinski definition) is 3. The predicted octanol–water partition coefficient (Wildman–Crippen LogP) is 4.37. The van der Waals surface area contributed by atoms with Gasteiger partial charge in [-0.1, -0.05) is 48.3 Å². The van der Waals surface area contributed by atoms with Gasteiger partial charge in [0.25, 0.3) is 10.0 Å². The van der Waals surface area contributed by atoms with Gasteiger partial charge in [0.15, 0.2) is 0 Å². The zero-order chi connectivity index (χ0) is 14.5. The van der Waals surface area contributed by atoms with Crippen molar-refractivity contribution in [2.75, 3.05) is 10.8 Å². The molecule has 0 bridgehead atoms. The van der Waals surface area contributed by atoms with Gasteiger partial charge in [0.1, 0.15) is 9.23 Å². The van der Waals surface area contributed by atoms with Crippen molar-refractivity contribution in [1.82, 2.24) is 0 Å². The predicted molar refractivity (Wildman–Crippen MR) is 83.7 cm³/mol. The van der Waals surface area contributed by atoms with Crippen molar-refractivity contribution in [3.63, 3.8) is 0 Å². The van der Waals surface area contributed by atoms with Gasteiger partial charge < -0.3 is 0 Å². The maximum absolute atomic E-state index is 12.8. The normalized spacial score (nSPS) is 18.4. The number of fused-ring (bicyclic) bond motifs is 1. The Labute approximate surface area is 131 Å². The van der Waals surface area contributed by atoms with Crippen LogP contribution < -0.4 is 4.31 Å². The van der Waals surface area contributed by atoms with E-state index in [1.165, 1.54) is 10.4 Å². The summed E-state index contributed by atoms with van der Waals surface area (Å²) in [5, 5.41) is 0. The Morgan fingerprint density at radius 3 is 2.65 bits per heavy atom. The van der Waals surface area contributed by atoms with Crippen LogP contribution in [0, 0.1) is 0 Å². The van der Waals surface area contributed by atoms with E-state index in [0.717, 1.165) is 22.6 Å². The number of benzene rings is 1. The molecule has 3 nitrogen and oxygen atoms in total. The number of nitrogens with zero attached hydrogens (tertiary/aromatic N) is 1. The Morgan fingerprint density at radius 2 is 2.00 bits per heavy atom. The molecule has 0 saturated carbocycles. The van der Waals surface area contributed by atoms with Gasteiger partial charge in [0.2, 0.25) is 0 Å². The highest BCUT2D eigenvalue weighted by atomic mass is 35.5. The Hall–Kier alpha value is -0.750. The average Bonchev–Trinajstić information content (AvgIpc) is 2.91. The second-order valence-corrected chi connectivity index (χ2v) is 8.80. The lowest BCUT2D eigenvalue weighted by Crippen LogP contribution is -2.29. The van der Waals surface area contributed by atoms with Crippen LogP contribution in [0.4, 0.5) is 5.69 Å². The van der Waals surface area contributed by atoms with Gasteiger partial charge in [-0.25, -0.2) is 8.42 Å². The van der Waals surface area contributed by atoms with E-state index in [2.05, 4.69) is 0 Å². The summed E-state index contributed by atoms with van der Waals surface area (Å²) in [7, 11) is -3.67. The summed E-state index contributed by atoms with van der Waals surface area (Å²) < 4.78 is 27.5. The second-order valence-electron chi connectivity index (χ2n) is 4.68. The van der Waals surface area contributed by atoms with E-state index >= 15 is 0 Å². The molecule has 3 rings (SSSR count). The van der Waals surface area contributed by atoms with Gasteiger partial charge in [0, 0.05) is 12.5 Å². The molecular weight excluding hydrogens is 337 g/mol. The van der Waals surface area contributed by atoms with Gasteiger partial charge in [0.05, 0.1) is 10.0 Å². The van der Waals surface area contributed by atoms with E-state index in [9.17, 15) is 8.42 Å². The molecule has 0 saturated heterocycles. The van der Waals surface area contributed by atoms with Crippen molar-refractivity contribution >= 4 is 50.2 Å². The average molecular weight is 348 g/mol. The molecule has 106 valence electrons. The highest BCUT2D eigenvalue weighted by Crippen LogP contribution is 2.42. The van der Waals surface area contributed by atoms with Gasteiger partial charge in [-0.05, 0) is 17.7 Å². The lowest BCUT2D eigenvalue weighted by atomic mass is 10.0. The molecule has 1 unspecified atom stereocenters. The Bertz CT molecular complexity index is 770. The Kier molecular flexibility index (Phi) is 3.49. The van der Waals surface area contributed by atoms with Crippen molar-refractivity contribution in [3.8, 4) is 0 Å². The van der Waals surface area contributed by atoms with Crippen LogP contribution in [0.2, 0.25) is 8.67 Å². The lowest BCUT2D eigenvalue weighted by molar-refractivity contribution is 0.591. The summed E-state index contributed by atoms with van der Waals surface area (Å²) in [4.78, 5) is 0.0815. The number of hydrogen-bond donors (Lipinski definition) is 0. The molecule has 2 heterocycles. The fourth-order valence-corrected chi connectivity index (χ4v) is 6.12. The molecule has 0 radical (unpaired) electrons. The van der Waals surface area contributed by atoms with Crippen LogP contribution in [0.3, 0.4) is 0 Å². The maximum atomic E-state index is 12.8. The van der Waals surface area contributed by atoms with Crippen molar-refractivity contribution in [2.24, 2.45) is 0 Å².